The van der Waals surface area contributed by atoms with Crippen molar-refractivity contribution in [1.29, 1.82) is 0 Å². The van der Waals surface area contributed by atoms with Gasteiger partial charge in [0.15, 0.2) is 11.5 Å². The maximum Gasteiger partial charge on any atom is 0.254 e. The Balaban J connectivity index is 1.18. The topological polar surface area (TPSA) is 86.8 Å². The largest absolute Gasteiger partial charge is 0.364 e. The second-order valence-electron chi connectivity index (χ2n) is 8.66. The minimum absolute atomic E-state index is 0.0520. The van der Waals surface area contributed by atoms with Crippen molar-refractivity contribution in [3.8, 4) is 0 Å². The van der Waals surface area contributed by atoms with Crippen molar-refractivity contribution in [2.45, 2.75) is 18.9 Å². The molecule has 0 bridgehead atoms. The van der Waals surface area contributed by atoms with E-state index < -0.39 is 0 Å². The molecule has 5 aromatic rings. The first kappa shape index (κ1) is 20.4. The monoisotopic (exact) mass is 448 g/mol. The third-order valence-corrected chi connectivity index (χ3v) is 6.52. The second-order valence-corrected chi connectivity index (χ2v) is 8.66. The Morgan fingerprint density at radius 1 is 1.00 bits per heavy atom. The summed E-state index contributed by atoms with van der Waals surface area (Å²) < 4.78 is 0. The van der Waals surface area contributed by atoms with E-state index in [2.05, 4.69) is 44.8 Å². The molecule has 4 heterocycles. The van der Waals surface area contributed by atoms with Gasteiger partial charge in [0.25, 0.3) is 5.91 Å². The highest BCUT2D eigenvalue weighted by molar-refractivity contribution is 6.06. The van der Waals surface area contributed by atoms with Crippen LogP contribution in [-0.4, -0.2) is 44.1 Å². The Morgan fingerprint density at radius 3 is 2.82 bits per heavy atom. The summed E-state index contributed by atoms with van der Waals surface area (Å²) in [7, 11) is 0. The number of carbonyl (C=O) groups is 1. The highest BCUT2D eigenvalue weighted by Crippen LogP contribution is 2.30. The highest BCUT2D eigenvalue weighted by atomic mass is 16.2. The quantitative estimate of drug-likeness (QED) is 0.405. The highest BCUT2D eigenvalue weighted by Gasteiger charge is 2.30. The number of nitrogens with one attached hydrogen (secondary N) is 2. The number of amides is 1. The Kier molecular flexibility index (Phi) is 5.14. The molecule has 1 aliphatic rings. The summed E-state index contributed by atoms with van der Waals surface area (Å²) in [6.45, 7) is 2.07. The maximum absolute atomic E-state index is 13.3. The number of fused-ring (bicyclic) bond motifs is 2. The van der Waals surface area contributed by atoms with E-state index in [-0.39, 0.29) is 11.8 Å². The van der Waals surface area contributed by atoms with E-state index in [1.165, 1.54) is 5.56 Å². The molecule has 7 heteroatoms. The van der Waals surface area contributed by atoms with Gasteiger partial charge in [-0.25, -0.2) is 4.98 Å². The van der Waals surface area contributed by atoms with Gasteiger partial charge in [0.05, 0.1) is 10.9 Å². The van der Waals surface area contributed by atoms with Gasteiger partial charge < -0.3 is 10.2 Å². The number of aromatic amines is 1. The number of carbonyl (C=O) groups excluding carboxylic acids is 1. The summed E-state index contributed by atoms with van der Waals surface area (Å²) in [5, 5.41) is 12.7. The van der Waals surface area contributed by atoms with Gasteiger partial charge in [-0.1, -0.05) is 42.5 Å². The molecule has 0 saturated carbocycles. The first-order valence-electron chi connectivity index (χ1n) is 11.5. The fraction of sp³-hybridized carbons (Fsp3) is 0.185. The second kappa shape index (κ2) is 8.59. The molecule has 2 aromatic carbocycles. The zero-order valence-electron chi connectivity index (χ0n) is 18.6. The Hall–Kier alpha value is -4.26. The molecule has 1 atom stereocenters. The van der Waals surface area contributed by atoms with Crippen molar-refractivity contribution in [3.05, 3.63) is 95.8 Å². The zero-order valence-corrected chi connectivity index (χ0v) is 18.6. The number of hydrogen-bond acceptors (Lipinski definition) is 5. The summed E-state index contributed by atoms with van der Waals surface area (Å²) in [6, 6.07) is 23.9. The summed E-state index contributed by atoms with van der Waals surface area (Å²) in [6.07, 6.45) is 2.64. The first-order chi connectivity index (χ1) is 16.8. The Morgan fingerprint density at radius 2 is 1.91 bits per heavy atom. The molecule has 1 saturated heterocycles. The number of benzene rings is 2. The summed E-state index contributed by atoms with van der Waals surface area (Å²) in [5.41, 5.74) is 4.49. The van der Waals surface area contributed by atoms with Gasteiger partial charge in [0, 0.05) is 48.4 Å². The van der Waals surface area contributed by atoms with Gasteiger partial charge in [-0.05, 0) is 42.3 Å². The minimum Gasteiger partial charge on any atom is -0.364 e. The van der Waals surface area contributed by atoms with Gasteiger partial charge in [0.2, 0.25) is 0 Å². The van der Waals surface area contributed by atoms with Crippen LogP contribution in [0.5, 0.6) is 0 Å². The van der Waals surface area contributed by atoms with Crippen LogP contribution in [-0.2, 0) is 6.54 Å². The normalized spacial score (nSPS) is 15.8. The Bertz CT molecular complexity index is 1470. The fourth-order valence-electron chi connectivity index (χ4n) is 4.71. The van der Waals surface area contributed by atoms with E-state index >= 15 is 0 Å². The van der Waals surface area contributed by atoms with Gasteiger partial charge in [-0.15, -0.1) is 0 Å². The lowest BCUT2D eigenvalue weighted by atomic mass is 10.0. The first-order valence-corrected chi connectivity index (χ1v) is 11.5. The van der Waals surface area contributed by atoms with E-state index in [9.17, 15) is 4.79 Å². The van der Waals surface area contributed by atoms with Crippen LogP contribution in [0.15, 0.2) is 79.0 Å². The number of hydrogen-bond donors (Lipinski definition) is 2. The van der Waals surface area contributed by atoms with E-state index in [0.717, 1.165) is 39.9 Å². The number of likely N-dealkylation sites (tertiary alicyclic amines) is 1. The predicted octanol–water partition coefficient (Wildman–Crippen LogP) is 4.75. The fourth-order valence-corrected chi connectivity index (χ4v) is 4.71. The molecule has 168 valence electrons. The number of H-pyrrole nitrogens is 1. The van der Waals surface area contributed by atoms with Crippen LogP contribution in [0.3, 0.4) is 0 Å². The molecule has 6 rings (SSSR count). The van der Waals surface area contributed by atoms with E-state index in [1.54, 1.807) is 6.20 Å². The minimum atomic E-state index is 0.0520. The molecule has 1 fully saturated rings. The molecule has 1 amide bonds. The van der Waals surface area contributed by atoms with E-state index in [4.69, 9.17) is 4.98 Å². The third-order valence-electron chi connectivity index (χ3n) is 6.52. The van der Waals surface area contributed by atoms with Crippen LogP contribution >= 0.6 is 0 Å². The van der Waals surface area contributed by atoms with Gasteiger partial charge in [0.1, 0.15) is 0 Å². The van der Waals surface area contributed by atoms with Crippen LogP contribution in [0.2, 0.25) is 0 Å². The number of aromatic nitrogens is 4. The van der Waals surface area contributed by atoms with Crippen LogP contribution in [0, 0.1) is 0 Å². The van der Waals surface area contributed by atoms with Gasteiger partial charge in [-0.2, -0.15) is 5.10 Å². The molecule has 0 unspecified atom stereocenters. The lowest BCUT2D eigenvalue weighted by Crippen LogP contribution is -2.28. The third kappa shape index (κ3) is 3.75. The summed E-state index contributed by atoms with van der Waals surface area (Å²) in [5.74, 6) is 1.05. The van der Waals surface area contributed by atoms with Crippen LogP contribution in [0.1, 0.15) is 34.0 Å². The molecule has 0 radical (unpaired) electrons. The van der Waals surface area contributed by atoms with Crippen LogP contribution in [0.25, 0.3) is 21.9 Å². The van der Waals surface area contributed by atoms with Crippen molar-refractivity contribution < 1.29 is 4.79 Å². The van der Waals surface area contributed by atoms with Crippen molar-refractivity contribution in [3.63, 3.8) is 0 Å². The molecule has 34 heavy (non-hydrogen) atoms. The lowest BCUT2D eigenvalue weighted by molar-refractivity contribution is 0.0792. The summed E-state index contributed by atoms with van der Waals surface area (Å²) >= 11 is 0. The average molecular weight is 449 g/mol. The number of pyridine rings is 2. The smallest absolute Gasteiger partial charge is 0.254 e. The van der Waals surface area contributed by atoms with Crippen LogP contribution in [0.4, 0.5) is 5.82 Å². The molecule has 7 nitrogen and oxygen atoms in total. The molecule has 3 aromatic heterocycles. The molecular weight excluding hydrogens is 424 g/mol. The summed E-state index contributed by atoms with van der Waals surface area (Å²) in [4.78, 5) is 24.4. The van der Waals surface area contributed by atoms with E-state index in [0.29, 0.717) is 25.2 Å². The van der Waals surface area contributed by atoms with Crippen molar-refractivity contribution in [2.24, 2.45) is 0 Å². The van der Waals surface area contributed by atoms with E-state index in [1.807, 2.05) is 53.4 Å². The van der Waals surface area contributed by atoms with Crippen LogP contribution < -0.4 is 5.32 Å². The SMILES string of the molecule is O=C(c1cccc2ncccc12)N1CC[C@H](c2ccc3c(NCc4ccccc4)n[nH]c3n2)C1. The maximum atomic E-state index is 13.3. The average Bonchev–Trinajstić information content (AvgIpc) is 3.55. The predicted molar refractivity (Wildman–Crippen MR) is 133 cm³/mol. The molecule has 0 aliphatic carbocycles. The van der Waals surface area contributed by atoms with Gasteiger partial charge >= 0.3 is 0 Å². The van der Waals surface area contributed by atoms with Crippen molar-refractivity contribution in [1.82, 2.24) is 25.1 Å². The molecule has 2 N–H and O–H groups in total. The molecular formula is C27H24N6O. The number of anilines is 1. The zero-order chi connectivity index (χ0) is 22.9. The van der Waals surface area contributed by atoms with Crippen molar-refractivity contribution >= 4 is 33.7 Å². The van der Waals surface area contributed by atoms with Crippen molar-refractivity contribution in [2.75, 3.05) is 18.4 Å². The van der Waals surface area contributed by atoms with Gasteiger partial charge in [-0.3, -0.25) is 14.9 Å². The number of nitrogens with zero attached hydrogens (tertiary/aromatic N) is 4. The standard InChI is InChI=1S/C27H24N6O/c34-27(21-8-4-10-24-20(21)9-5-14-28-24)33-15-13-19(17-33)23-12-11-22-25(31-32-26(22)30-23)29-16-18-6-2-1-3-7-18/h1-12,14,19H,13,15-17H2,(H2,29,30,31,32)/t19-/m0/s1. The number of rotatable bonds is 5. The molecule has 0 spiro atoms. The lowest BCUT2D eigenvalue weighted by Gasteiger charge is -2.17. The molecule has 1 aliphatic heterocycles. The Labute approximate surface area is 196 Å².